The summed E-state index contributed by atoms with van der Waals surface area (Å²) in [6.45, 7) is 8.17. The topological polar surface area (TPSA) is 91.6 Å². The molecule has 1 aromatic heterocycles. The van der Waals surface area contributed by atoms with Crippen molar-refractivity contribution in [1.29, 1.82) is 0 Å². The second kappa shape index (κ2) is 11.0. The molecule has 0 unspecified atom stereocenters. The van der Waals surface area contributed by atoms with Crippen LogP contribution in [0, 0.1) is 13.8 Å². The molecule has 0 aliphatic heterocycles. The SMILES string of the molecule is CCNC(=NCc1coc(-c2ccc(C)cc2)n1)NCCNC(=O)c1cccc(C)c1. The summed E-state index contributed by atoms with van der Waals surface area (Å²) in [6, 6.07) is 15.6. The number of hydrogen-bond acceptors (Lipinski definition) is 4. The first kappa shape index (κ1) is 22.1. The Morgan fingerprint density at radius 3 is 2.52 bits per heavy atom. The van der Waals surface area contributed by atoms with E-state index in [1.165, 1.54) is 5.56 Å². The standard InChI is InChI=1S/C24H29N5O2/c1-4-25-24(27-13-12-26-22(30)20-7-5-6-18(3)14-20)28-15-21-16-31-23(29-21)19-10-8-17(2)9-11-19/h5-11,14,16H,4,12-13,15H2,1-3H3,(H,26,30)(H2,25,27,28). The summed E-state index contributed by atoms with van der Waals surface area (Å²) in [7, 11) is 0. The molecule has 0 spiro atoms. The zero-order valence-corrected chi connectivity index (χ0v) is 18.2. The van der Waals surface area contributed by atoms with Gasteiger partial charge in [-0.1, -0.05) is 35.4 Å². The summed E-state index contributed by atoms with van der Waals surface area (Å²) in [5, 5.41) is 9.32. The van der Waals surface area contributed by atoms with Gasteiger partial charge in [-0.25, -0.2) is 9.98 Å². The molecule has 0 radical (unpaired) electrons. The molecule has 3 aromatic rings. The van der Waals surface area contributed by atoms with E-state index in [-0.39, 0.29) is 5.91 Å². The summed E-state index contributed by atoms with van der Waals surface area (Å²) >= 11 is 0. The number of amides is 1. The Kier molecular flexibility index (Phi) is 7.81. The molecular weight excluding hydrogens is 390 g/mol. The normalized spacial score (nSPS) is 11.3. The monoisotopic (exact) mass is 419 g/mol. The van der Waals surface area contributed by atoms with Gasteiger partial charge >= 0.3 is 0 Å². The number of carbonyl (C=O) groups is 1. The molecule has 31 heavy (non-hydrogen) atoms. The lowest BCUT2D eigenvalue weighted by atomic mass is 10.1. The average Bonchev–Trinajstić information content (AvgIpc) is 3.24. The van der Waals surface area contributed by atoms with Gasteiger partial charge in [0.05, 0.1) is 6.54 Å². The fourth-order valence-electron chi connectivity index (χ4n) is 2.96. The van der Waals surface area contributed by atoms with Crippen LogP contribution in [0.2, 0.25) is 0 Å². The lowest BCUT2D eigenvalue weighted by Gasteiger charge is -2.11. The minimum absolute atomic E-state index is 0.0846. The summed E-state index contributed by atoms with van der Waals surface area (Å²) in [5.41, 5.74) is 4.61. The Balaban J connectivity index is 1.50. The van der Waals surface area contributed by atoms with E-state index in [9.17, 15) is 4.79 Å². The van der Waals surface area contributed by atoms with Crippen LogP contribution in [0.25, 0.3) is 11.5 Å². The van der Waals surface area contributed by atoms with E-state index in [0.29, 0.717) is 37.0 Å². The van der Waals surface area contributed by atoms with E-state index in [1.807, 2.05) is 69.3 Å². The number of rotatable bonds is 8. The zero-order valence-electron chi connectivity index (χ0n) is 18.2. The van der Waals surface area contributed by atoms with Crippen molar-refractivity contribution >= 4 is 11.9 Å². The third-order valence-corrected chi connectivity index (χ3v) is 4.58. The number of aromatic nitrogens is 1. The number of carbonyl (C=O) groups excluding carboxylic acids is 1. The van der Waals surface area contributed by atoms with E-state index >= 15 is 0 Å². The number of nitrogens with one attached hydrogen (secondary N) is 3. The van der Waals surface area contributed by atoms with Crippen molar-refractivity contribution in [3.05, 3.63) is 77.2 Å². The number of nitrogens with zero attached hydrogens (tertiary/aromatic N) is 2. The minimum atomic E-state index is -0.0846. The number of aliphatic imine (C=N–C) groups is 1. The molecule has 2 aromatic carbocycles. The molecule has 0 fully saturated rings. The van der Waals surface area contributed by atoms with Crippen molar-refractivity contribution in [3.63, 3.8) is 0 Å². The third-order valence-electron chi connectivity index (χ3n) is 4.58. The van der Waals surface area contributed by atoms with Gasteiger partial charge in [0.1, 0.15) is 12.0 Å². The van der Waals surface area contributed by atoms with Crippen molar-refractivity contribution in [2.75, 3.05) is 19.6 Å². The fourth-order valence-corrected chi connectivity index (χ4v) is 2.96. The quantitative estimate of drug-likeness (QED) is 0.296. The molecule has 1 amide bonds. The predicted octanol–water partition coefficient (Wildman–Crippen LogP) is 3.44. The Morgan fingerprint density at radius 1 is 1.00 bits per heavy atom. The average molecular weight is 420 g/mol. The van der Waals surface area contributed by atoms with Crippen LogP contribution in [0.1, 0.15) is 34.1 Å². The van der Waals surface area contributed by atoms with Gasteiger partial charge in [0, 0.05) is 30.8 Å². The van der Waals surface area contributed by atoms with Gasteiger partial charge in [0.2, 0.25) is 5.89 Å². The summed E-state index contributed by atoms with van der Waals surface area (Å²) < 4.78 is 5.59. The van der Waals surface area contributed by atoms with Gasteiger partial charge in [-0.3, -0.25) is 4.79 Å². The van der Waals surface area contributed by atoms with Crippen molar-refractivity contribution in [1.82, 2.24) is 20.9 Å². The Labute approximate surface area is 183 Å². The largest absolute Gasteiger partial charge is 0.444 e. The lowest BCUT2D eigenvalue weighted by Crippen LogP contribution is -2.41. The van der Waals surface area contributed by atoms with Crippen molar-refractivity contribution in [3.8, 4) is 11.5 Å². The summed E-state index contributed by atoms with van der Waals surface area (Å²) in [5.74, 6) is 1.16. The summed E-state index contributed by atoms with van der Waals surface area (Å²) in [6.07, 6.45) is 1.63. The van der Waals surface area contributed by atoms with E-state index < -0.39 is 0 Å². The number of aryl methyl sites for hydroxylation is 2. The van der Waals surface area contributed by atoms with Crippen LogP contribution < -0.4 is 16.0 Å². The number of hydrogen-bond donors (Lipinski definition) is 3. The van der Waals surface area contributed by atoms with Gasteiger partial charge < -0.3 is 20.4 Å². The molecule has 0 saturated carbocycles. The highest BCUT2D eigenvalue weighted by Crippen LogP contribution is 2.19. The lowest BCUT2D eigenvalue weighted by molar-refractivity contribution is 0.0954. The second-order valence-electron chi connectivity index (χ2n) is 7.26. The molecule has 0 saturated heterocycles. The highest BCUT2D eigenvalue weighted by Gasteiger charge is 2.07. The molecule has 0 bridgehead atoms. The van der Waals surface area contributed by atoms with Gasteiger partial charge in [-0.15, -0.1) is 0 Å². The van der Waals surface area contributed by atoms with Gasteiger partial charge in [-0.2, -0.15) is 0 Å². The minimum Gasteiger partial charge on any atom is -0.444 e. The fraction of sp³-hybridized carbons (Fsp3) is 0.292. The molecule has 3 N–H and O–H groups in total. The van der Waals surface area contributed by atoms with Crippen LogP contribution >= 0.6 is 0 Å². The number of guanidine groups is 1. The molecule has 3 rings (SSSR count). The Bertz CT molecular complexity index is 1020. The molecule has 0 atom stereocenters. The van der Waals surface area contributed by atoms with E-state index in [2.05, 4.69) is 25.9 Å². The van der Waals surface area contributed by atoms with Crippen LogP contribution in [0.3, 0.4) is 0 Å². The van der Waals surface area contributed by atoms with Crippen molar-refractivity contribution in [2.24, 2.45) is 4.99 Å². The highest BCUT2D eigenvalue weighted by molar-refractivity contribution is 5.94. The van der Waals surface area contributed by atoms with Crippen molar-refractivity contribution in [2.45, 2.75) is 27.3 Å². The zero-order chi connectivity index (χ0) is 22.1. The van der Waals surface area contributed by atoms with Gasteiger partial charge in [0.25, 0.3) is 5.91 Å². The van der Waals surface area contributed by atoms with Gasteiger partial charge in [0.15, 0.2) is 5.96 Å². The summed E-state index contributed by atoms with van der Waals surface area (Å²) in [4.78, 5) is 21.3. The van der Waals surface area contributed by atoms with Crippen LogP contribution in [0.4, 0.5) is 0 Å². The Morgan fingerprint density at radius 2 is 1.77 bits per heavy atom. The van der Waals surface area contributed by atoms with Crippen LogP contribution in [-0.2, 0) is 6.54 Å². The molecule has 1 heterocycles. The molecule has 7 heteroatoms. The molecule has 7 nitrogen and oxygen atoms in total. The third kappa shape index (κ3) is 6.70. The van der Waals surface area contributed by atoms with E-state index in [4.69, 9.17) is 4.42 Å². The van der Waals surface area contributed by atoms with Crippen molar-refractivity contribution < 1.29 is 9.21 Å². The van der Waals surface area contributed by atoms with E-state index in [1.54, 1.807) is 6.26 Å². The highest BCUT2D eigenvalue weighted by atomic mass is 16.3. The van der Waals surface area contributed by atoms with Gasteiger partial charge in [-0.05, 0) is 45.0 Å². The van der Waals surface area contributed by atoms with Crippen LogP contribution in [0.15, 0.2) is 64.2 Å². The second-order valence-corrected chi connectivity index (χ2v) is 7.26. The number of oxazole rings is 1. The maximum absolute atomic E-state index is 12.2. The van der Waals surface area contributed by atoms with Crippen LogP contribution in [-0.4, -0.2) is 36.5 Å². The molecular formula is C24H29N5O2. The molecule has 0 aliphatic carbocycles. The first-order chi connectivity index (χ1) is 15.0. The maximum Gasteiger partial charge on any atom is 0.251 e. The smallest absolute Gasteiger partial charge is 0.251 e. The van der Waals surface area contributed by atoms with E-state index in [0.717, 1.165) is 23.4 Å². The first-order valence-electron chi connectivity index (χ1n) is 10.4. The first-order valence-corrected chi connectivity index (χ1v) is 10.4. The Hall–Kier alpha value is -3.61. The molecule has 0 aliphatic rings. The molecule has 162 valence electrons. The number of benzene rings is 2. The maximum atomic E-state index is 12.2. The van der Waals surface area contributed by atoms with Crippen LogP contribution in [0.5, 0.6) is 0 Å². The predicted molar refractivity (Wildman–Crippen MR) is 123 cm³/mol.